The van der Waals surface area contributed by atoms with Crippen LogP contribution in [0.5, 0.6) is 0 Å². The zero-order valence-electron chi connectivity index (χ0n) is 9.69. The lowest BCUT2D eigenvalue weighted by Crippen LogP contribution is -2.28. The molecule has 1 amide bonds. The molecule has 1 saturated carbocycles. The first-order chi connectivity index (χ1) is 8.66. The normalized spacial score (nSPS) is 14.7. The Bertz CT molecular complexity index is 460. The van der Waals surface area contributed by atoms with Crippen LogP contribution < -0.4 is 5.32 Å². The van der Waals surface area contributed by atoms with E-state index in [0.717, 1.165) is 19.3 Å². The highest BCUT2D eigenvalue weighted by Crippen LogP contribution is 2.27. The van der Waals surface area contributed by atoms with Crippen molar-refractivity contribution in [3.8, 4) is 0 Å². The van der Waals surface area contributed by atoms with Crippen LogP contribution >= 0.6 is 11.6 Å². The van der Waals surface area contributed by atoms with E-state index >= 15 is 0 Å². The number of nitrogens with zero attached hydrogens (tertiary/aromatic N) is 1. The van der Waals surface area contributed by atoms with Gasteiger partial charge in [-0.05, 0) is 25.0 Å². The fourth-order valence-corrected chi connectivity index (χ4v) is 1.73. The third-order valence-electron chi connectivity index (χ3n) is 2.82. The van der Waals surface area contributed by atoms with Gasteiger partial charge in [-0.25, -0.2) is 4.98 Å². The molecule has 0 unspecified atom stereocenters. The summed E-state index contributed by atoms with van der Waals surface area (Å²) < 4.78 is 4.91. The van der Waals surface area contributed by atoms with Crippen molar-refractivity contribution in [2.75, 3.05) is 11.9 Å². The molecule has 1 aliphatic carbocycles. The molecule has 96 valence electrons. The maximum atomic E-state index is 11.5. The van der Waals surface area contributed by atoms with E-state index in [9.17, 15) is 9.59 Å². The Labute approximate surface area is 109 Å². The minimum absolute atomic E-state index is 0.0280. The third kappa shape index (κ3) is 3.20. The molecule has 0 aromatic carbocycles. The Kier molecular flexibility index (Phi) is 4.15. The van der Waals surface area contributed by atoms with Crippen molar-refractivity contribution in [1.29, 1.82) is 0 Å². The number of amides is 1. The lowest BCUT2D eigenvalue weighted by atomic mass is 9.86. The second kappa shape index (κ2) is 5.82. The highest BCUT2D eigenvalue weighted by Gasteiger charge is 2.27. The van der Waals surface area contributed by atoms with Crippen LogP contribution in [-0.2, 0) is 14.3 Å². The second-order valence-electron chi connectivity index (χ2n) is 4.13. The Morgan fingerprint density at radius 3 is 2.89 bits per heavy atom. The van der Waals surface area contributed by atoms with Crippen LogP contribution in [0.15, 0.2) is 18.3 Å². The minimum Gasteiger partial charge on any atom is -0.455 e. The highest BCUT2D eigenvalue weighted by molar-refractivity contribution is 6.32. The number of carbonyl (C=O) groups excluding carboxylic acids is 2. The van der Waals surface area contributed by atoms with Gasteiger partial charge < -0.3 is 10.1 Å². The van der Waals surface area contributed by atoms with Crippen LogP contribution in [0.2, 0.25) is 5.15 Å². The summed E-state index contributed by atoms with van der Waals surface area (Å²) >= 11 is 5.78. The zero-order chi connectivity index (χ0) is 13.0. The molecule has 1 aromatic rings. The molecule has 0 atom stereocenters. The van der Waals surface area contributed by atoms with Gasteiger partial charge in [-0.2, -0.15) is 0 Å². The van der Waals surface area contributed by atoms with E-state index in [1.807, 2.05) is 0 Å². The average molecular weight is 269 g/mol. The highest BCUT2D eigenvalue weighted by atomic mass is 35.5. The van der Waals surface area contributed by atoms with Crippen molar-refractivity contribution < 1.29 is 14.3 Å². The van der Waals surface area contributed by atoms with Crippen molar-refractivity contribution >= 4 is 29.2 Å². The Morgan fingerprint density at radius 1 is 1.50 bits per heavy atom. The fourth-order valence-electron chi connectivity index (χ4n) is 1.56. The fraction of sp³-hybridized carbons (Fsp3) is 0.417. The number of hydrogen-bond acceptors (Lipinski definition) is 4. The summed E-state index contributed by atoms with van der Waals surface area (Å²) in [6.07, 6.45) is 4.29. The molecule has 1 aliphatic rings. The molecule has 1 aromatic heterocycles. The number of hydrogen-bond donors (Lipinski definition) is 1. The Hall–Kier alpha value is -1.62. The van der Waals surface area contributed by atoms with Crippen molar-refractivity contribution in [1.82, 2.24) is 4.98 Å². The number of esters is 1. The van der Waals surface area contributed by atoms with Gasteiger partial charge in [-0.3, -0.25) is 9.59 Å². The van der Waals surface area contributed by atoms with Crippen LogP contribution in [0.25, 0.3) is 0 Å². The smallest absolute Gasteiger partial charge is 0.309 e. The standard InChI is InChI=1S/C12H13ClN2O3/c13-11-9(5-2-6-14-11)15-10(16)7-18-12(17)8-3-1-4-8/h2,5-6,8H,1,3-4,7H2,(H,15,16). The number of pyridine rings is 1. The molecular weight excluding hydrogens is 256 g/mol. The SMILES string of the molecule is O=C(COC(=O)C1CCC1)Nc1cccnc1Cl. The summed E-state index contributed by atoms with van der Waals surface area (Å²) in [6, 6.07) is 3.28. The maximum Gasteiger partial charge on any atom is 0.309 e. The van der Waals surface area contributed by atoms with Crippen LogP contribution in [0.1, 0.15) is 19.3 Å². The molecular formula is C12H13ClN2O3. The summed E-state index contributed by atoms with van der Waals surface area (Å²) in [5.74, 6) is -0.744. The van der Waals surface area contributed by atoms with Gasteiger partial charge in [0.15, 0.2) is 11.8 Å². The van der Waals surface area contributed by atoms with Gasteiger partial charge in [0, 0.05) is 6.20 Å². The van der Waals surface area contributed by atoms with Crippen LogP contribution in [-0.4, -0.2) is 23.5 Å². The van der Waals surface area contributed by atoms with Crippen molar-refractivity contribution in [2.45, 2.75) is 19.3 Å². The molecule has 2 rings (SSSR count). The summed E-state index contributed by atoms with van der Waals surface area (Å²) in [6.45, 7) is -0.291. The first-order valence-corrected chi connectivity index (χ1v) is 6.11. The molecule has 1 N–H and O–H groups in total. The first kappa shape index (κ1) is 12.8. The van der Waals surface area contributed by atoms with E-state index in [1.165, 1.54) is 6.20 Å². The lowest BCUT2D eigenvalue weighted by Gasteiger charge is -2.22. The molecule has 6 heteroatoms. The second-order valence-corrected chi connectivity index (χ2v) is 4.48. The Morgan fingerprint density at radius 2 is 2.28 bits per heavy atom. The van der Waals surface area contributed by atoms with Crippen LogP contribution in [0, 0.1) is 5.92 Å². The summed E-state index contributed by atoms with van der Waals surface area (Å²) in [5.41, 5.74) is 0.406. The van der Waals surface area contributed by atoms with Crippen molar-refractivity contribution in [3.63, 3.8) is 0 Å². The predicted molar refractivity (Wildman–Crippen MR) is 66.2 cm³/mol. The first-order valence-electron chi connectivity index (χ1n) is 5.74. The van der Waals surface area contributed by atoms with Crippen molar-refractivity contribution in [2.24, 2.45) is 5.92 Å². The van der Waals surface area contributed by atoms with Gasteiger partial charge in [-0.15, -0.1) is 0 Å². The van der Waals surface area contributed by atoms with Crippen molar-refractivity contribution in [3.05, 3.63) is 23.5 Å². The maximum absolute atomic E-state index is 11.5. The van der Waals surface area contributed by atoms with E-state index in [-0.39, 0.29) is 23.6 Å². The summed E-state index contributed by atoms with van der Waals surface area (Å²) in [4.78, 5) is 26.8. The molecule has 0 bridgehead atoms. The van der Waals surface area contributed by atoms with E-state index < -0.39 is 5.91 Å². The number of nitrogens with one attached hydrogen (secondary N) is 1. The van der Waals surface area contributed by atoms with Gasteiger partial charge in [0.05, 0.1) is 11.6 Å². The van der Waals surface area contributed by atoms with Gasteiger partial charge >= 0.3 is 5.97 Å². The monoisotopic (exact) mass is 268 g/mol. The minimum atomic E-state index is -0.419. The molecule has 0 spiro atoms. The number of carbonyl (C=O) groups is 2. The lowest BCUT2D eigenvalue weighted by molar-refractivity contribution is -0.154. The average Bonchev–Trinajstić information content (AvgIpc) is 2.27. The largest absolute Gasteiger partial charge is 0.455 e. The number of aromatic nitrogens is 1. The number of rotatable bonds is 4. The van der Waals surface area contributed by atoms with Gasteiger partial charge in [0.1, 0.15) is 0 Å². The molecule has 1 heterocycles. The molecule has 0 radical (unpaired) electrons. The molecule has 0 aliphatic heterocycles. The Balaban J connectivity index is 1.78. The topological polar surface area (TPSA) is 68.3 Å². The molecule has 0 saturated heterocycles. The quantitative estimate of drug-likeness (QED) is 0.670. The van der Waals surface area contributed by atoms with Crippen LogP contribution in [0.3, 0.4) is 0 Å². The van der Waals surface area contributed by atoms with Gasteiger partial charge in [-0.1, -0.05) is 18.0 Å². The molecule has 5 nitrogen and oxygen atoms in total. The number of halogens is 1. The van der Waals surface area contributed by atoms with E-state index in [1.54, 1.807) is 12.1 Å². The van der Waals surface area contributed by atoms with Gasteiger partial charge in [0.2, 0.25) is 0 Å². The molecule has 18 heavy (non-hydrogen) atoms. The number of ether oxygens (including phenoxy) is 1. The number of anilines is 1. The van der Waals surface area contributed by atoms with Gasteiger partial charge in [0.25, 0.3) is 5.91 Å². The van der Waals surface area contributed by atoms with E-state index in [0.29, 0.717) is 5.69 Å². The zero-order valence-corrected chi connectivity index (χ0v) is 10.4. The summed E-state index contributed by atoms with van der Waals surface area (Å²) in [5, 5.41) is 2.73. The predicted octanol–water partition coefficient (Wildman–Crippen LogP) is 2.02. The van der Waals surface area contributed by atoms with Crippen LogP contribution in [0.4, 0.5) is 5.69 Å². The third-order valence-corrected chi connectivity index (χ3v) is 3.12. The van der Waals surface area contributed by atoms with E-state index in [2.05, 4.69) is 10.3 Å². The summed E-state index contributed by atoms with van der Waals surface area (Å²) in [7, 11) is 0. The molecule has 1 fully saturated rings. The van der Waals surface area contributed by atoms with E-state index in [4.69, 9.17) is 16.3 Å².